The van der Waals surface area contributed by atoms with Gasteiger partial charge in [0, 0.05) is 27.1 Å². The highest BCUT2D eigenvalue weighted by Crippen LogP contribution is 2.49. The summed E-state index contributed by atoms with van der Waals surface area (Å²) in [4.78, 5) is 25.9. The molecule has 6 rings (SSSR count). The summed E-state index contributed by atoms with van der Waals surface area (Å²) in [5.74, 6) is -0.372. The molecule has 0 radical (unpaired) electrons. The third-order valence-corrected chi connectivity index (χ3v) is 7.79. The first-order valence-electron chi connectivity index (χ1n) is 10.4. The van der Waals surface area contributed by atoms with Crippen LogP contribution in [0.2, 0.25) is 0 Å². The predicted octanol–water partition coefficient (Wildman–Crippen LogP) is 4.70. The monoisotopic (exact) mass is 465 g/mol. The Morgan fingerprint density at radius 1 is 1.00 bits per heavy atom. The number of allylic oxidation sites excluding steroid dienone is 2. The number of benzene rings is 1. The third-order valence-electron chi connectivity index (χ3n) is 6.93. The lowest BCUT2D eigenvalue weighted by molar-refractivity contribution is -0.140. The summed E-state index contributed by atoms with van der Waals surface area (Å²) in [5, 5.41) is 5.50. The fourth-order valence-corrected chi connectivity index (χ4v) is 5.70. The highest BCUT2D eigenvalue weighted by atomic mass is 79.9. The van der Waals surface area contributed by atoms with Crippen molar-refractivity contribution in [3.63, 3.8) is 0 Å². The zero-order chi connectivity index (χ0) is 21.2. The van der Waals surface area contributed by atoms with Gasteiger partial charge in [-0.15, -0.1) is 0 Å². The van der Waals surface area contributed by atoms with Gasteiger partial charge in [0.05, 0.1) is 18.1 Å². The minimum Gasteiger partial charge on any atom is -0.318 e. The number of nitrogens with zero attached hydrogens (tertiary/aromatic N) is 3. The van der Waals surface area contributed by atoms with Crippen LogP contribution < -0.4 is 0 Å². The lowest BCUT2D eigenvalue weighted by atomic mass is 9.63. The molecule has 0 N–H and O–H groups in total. The molecule has 1 aromatic carbocycles. The number of imide groups is 1. The van der Waals surface area contributed by atoms with E-state index in [0.717, 1.165) is 45.0 Å². The Morgan fingerprint density at radius 2 is 1.63 bits per heavy atom. The SMILES string of the molecule is Cc1ccc(-n2c(C)cc(/C=N\N3C(=O)[C@H]4[C@H](C3=O)[C@H]3C=C[C@H]4CC3)c2C)cc1Br. The van der Waals surface area contributed by atoms with E-state index in [1.165, 1.54) is 5.56 Å². The molecule has 5 nitrogen and oxygen atoms in total. The molecule has 4 atom stereocenters. The summed E-state index contributed by atoms with van der Waals surface area (Å²) < 4.78 is 3.21. The van der Waals surface area contributed by atoms with Crippen molar-refractivity contribution in [1.82, 2.24) is 9.58 Å². The van der Waals surface area contributed by atoms with Gasteiger partial charge in [0.25, 0.3) is 11.8 Å². The van der Waals surface area contributed by atoms with E-state index in [2.05, 4.69) is 62.9 Å². The maximum atomic E-state index is 13.0. The van der Waals surface area contributed by atoms with Gasteiger partial charge in [-0.25, -0.2) is 0 Å². The molecule has 2 bridgehead atoms. The standard InChI is InChI=1S/C24H24BrN3O2/c1-13-4-9-19(11-20(13)25)27-14(2)10-18(15(27)3)12-26-28-23(29)21-16-5-6-17(8-7-16)22(21)24(28)30/h4-6,9-12,16-17,21-22H,7-8H2,1-3H3/b26-12-/t16-,17-,21+,22+/m0/s1. The normalized spacial score (nSPS) is 27.5. The Bertz CT molecular complexity index is 1100. The van der Waals surface area contributed by atoms with E-state index >= 15 is 0 Å². The number of aromatic nitrogens is 1. The number of hydrazone groups is 1. The van der Waals surface area contributed by atoms with Crippen LogP contribution in [0.1, 0.15) is 35.4 Å². The van der Waals surface area contributed by atoms with E-state index in [1.807, 2.05) is 19.9 Å². The van der Waals surface area contributed by atoms with Crippen molar-refractivity contribution >= 4 is 34.0 Å². The van der Waals surface area contributed by atoms with E-state index in [-0.39, 0.29) is 35.5 Å². The molecule has 2 amide bonds. The molecule has 0 spiro atoms. The van der Waals surface area contributed by atoms with Crippen LogP contribution >= 0.6 is 15.9 Å². The van der Waals surface area contributed by atoms with Crippen LogP contribution in [0.25, 0.3) is 5.69 Å². The summed E-state index contributed by atoms with van der Waals surface area (Å²) >= 11 is 3.61. The van der Waals surface area contributed by atoms with E-state index in [0.29, 0.717) is 0 Å². The van der Waals surface area contributed by atoms with Gasteiger partial charge in [0.15, 0.2) is 0 Å². The molecule has 2 heterocycles. The summed E-state index contributed by atoms with van der Waals surface area (Å²) in [7, 11) is 0. The molecule has 2 fully saturated rings. The van der Waals surface area contributed by atoms with Crippen molar-refractivity contribution in [2.45, 2.75) is 33.6 Å². The summed E-state index contributed by atoms with van der Waals surface area (Å²) in [6.07, 6.45) is 7.89. The van der Waals surface area contributed by atoms with Crippen LogP contribution in [0.15, 0.2) is 46.0 Å². The number of aryl methyl sites for hydroxylation is 2. The van der Waals surface area contributed by atoms with Crippen molar-refractivity contribution < 1.29 is 9.59 Å². The predicted molar refractivity (Wildman–Crippen MR) is 119 cm³/mol. The molecule has 30 heavy (non-hydrogen) atoms. The Kier molecular flexibility index (Phi) is 4.58. The fourth-order valence-electron chi connectivity index (χ4n) is 5.33. The Hall–Kier alpha value is -2.47. The van der Waals surface area contributed by atoms with Crippen molar-refractivity contribution in [2.24, 2.45) is 28.8 Å². The molecule has 3 aliphatic carbocycles. The second kappa shape index (κ2) is 7.05. The van der Waals surface area contributed by atoms with Gasteiger partial charge in [-0.1, -0.05) is 34.1 Å². The minimum atomic E-state index is -0.226. The van der Waals surface area contributed by atoms with Gasteiger partial charge in [-0.3, -0.25) is 9.59 Å². The molecule has 1 saturated heterocycles. The number of carbonyl (C=O) groups is 2. The molecule has 154 valence electrons. The van der Waals surface area contributed by atoms with Gasteiger partial charge >= 0.3 is 0 Å². The molecular formula is C24H24BrN3O2. The largest absolute Gasteiger partial charge is 0.318 e. The number of rotatable bonds is 3. The van der Waals surface area contributed by atoms with Crippen LogP contribution in [-0.2, 0) is 9.59 Å². The number of halogens is 1. The van der Waals surface area contributed by atoms with Crippen molar-refractivity contribution in [2.75, 3.05) is 0 Å². The van der Waals surface area contributed by atoms with Crippen LogP contribution in [0, 0.1) is 44.4 Å². The van der Waals surface area contributed by atoms with Gasteiger partial charge < -0.3 is 4.57 Å². The number of fused-ring (bicyclic) bond motifs is 1. The Balaban J connectivity index is 1.45. The second-order valence-electron chi connectivity index (χ2n) is 8.67. The van der Waals surface area contributed by atoms with E-state index in [4.69, 9.17) is 0 Å². The fraction of sp³-hybridized carbons (Fsp3) is 0.375. The molecule has 6 heteroatoms. The van der Waals surface area contributed by atoms with Crippen LogP contribution in [0.5, 0.6) is 0 Å². The van der Waals surface area contributed by atoms with Crippen molar-refractivity contribution in [1.29, 1.82) is 0 Å². The molecule has 4 aliphatic rings. The number of hydrogen-bond donors (Lipinski definition) is 0. The van der Waals surface area contributed by atoms with E-state index in [9.17, 15) is 9.59 Å². The zero-order valence-corrected chi connectivity index (χ0v) is 18.9. The van der Waals surface area contributed by atoms with Gasteiger partial charge in [-0.05, 0) is 69.2 Å². The lowest BCUT2D eigenvalue weighted by Crippen LogP contribution is -2.38. The topological polar surface area (TPSA) is 54.7 Å². The average Bonchev–Trinajstić information content (AvgIpc) is 3.17. The highest BCUT2D eigenvalue weighted by molar-refractivity contribution is 9.10. The average molecular weight is 466 g/mol. The molecule has 2 aromatic rings. The van der Waals surface area contributed by atoms with Crippen LogP contribution in [0.3, 0.4) is 0 Å². The maximum Gasteiger partial charge on any atom is 0.254 e. The highest BCUT2D eigenvalue weighted by Gasteiger charge is 2.56. The van der Waals surface area contributed by atoms with Crippen LogP contribution in [0.4, 0.5) is 0 Å². The minimum absolute atomic E-state index is 0.142. The van der Waals surface area contributed by atoms with Crippen molar-refractivity contribution in [3.8, 4) is 5.69 Å². The molecule has 1 aliphatic heterocycles. The third kappa shape index (κ3) is 2.84. The van der Waals surface area contributed by atoms with E-state index < -0.39 is 0 Å². The molecular weight excluding hydrogens is 442 g/mol. The maximum absolute atomic E-state index is 13.0. The van der Waals surface area contributed by atoms with Gasteiger partial charge in [0.2, 0.25) is 0 Å². The summed E-state index contributed by atoms with van der Waals surface area (Å²) in [6.45, 7) is 6.13. The Morgan fingerprint density at radius 3 is 2.20 bits per heavy atom. The number of hydrogen-bond acceptors (Lipinski definition) is 3. The second-order valence-corrected chi connectivity index (χ2v) is 9.52. The smallest absolute Gasteiger partial charge is 0.254 e. The number of carbonyl (C=O) groups excluding carboxylic acids is 2. The number of amides is 2. The molecule has 1 aromatic heterocycles. The first-order chi connectivity index (χ1) is 14.4. The van der Waals surface area contributed by atoms with Crippen molar-refractivity contribution in [3.05, 3.63) is 63.4 Å². The first kappa shape index (κ1) is 19.5. The van der Waals surface area contributed by atoms with Gasteiger partial charge in [-0.2, -0.15) is 10.1 Å². The Labute approximate surface area is 184 Å². The van der Waals surface area contributed by atoms with Gasteiger partial charge in [0.1, 0.15) is 0 Å². The lowest BCUT2D eigenvalue weighted by Gasteiger charge is -2.37. The summed E-state index contributed by atoms with van der Waals surface area (Å²) in [6, 6.07) is 8.30. The van der Waals surface area contributed by atoms with Crippen LogP contribution in [-0.4, -0.2) is 27.6 Å². The quantitative estimate of drug-likeness (QED) is 0.374. The zero-order valence-electron chi connectivity index (χ0n) is 17.3. The molecule has 0 unspecified atom stereocenters. The molecule has 1 saturated carbocycles. The van der Waals surface area contributed by atoms with E-state index in [1.54, 1.807) is 6.21 Å². The summed E-state index contributed by atoms with van der Waals surface area (Å²) in [5.41, 5.74) is 5.23. The first-order valence-corrected chi connectivity index (χ1v) is 11.2.